The topological polar surface area (TPSA) is 66.0 Å². The molecule has 0 spiro atoms. The van der Waals surface area contributed by atoms with Gasteiger partial charge in [0.2, 0.25) is 17.8 Å². The van der Waals surface area contributed by atoms with Crippen LogP contribution < -0.4 is 15.5 Å². The van der Waals surface area contributed by atoms with Crippen molar-refractivity contribution in [2.75, 3.05) is 36.2 Å². The first-order chi connectivity index (χ1) is 9.58. The molecule has 0 aliphatic heterocycles. The van der Waals surface area contributed by atoms with Crippen molar-refractivity contribution in [3.63, 3.8) is 0 Å². The maximum absolute atomic E-state index is 12.9. The number of benzene rings is 1. The summed E-state index contributed by atoms with van der Waals surface area (Å²) >= 11 is 0. The van der Waals surface area contributed by atoms with Crippen LogP contribution in [-0.2, 0) is 0 Å². The van der Waals surface area contributed by atoms with Gasteiger partial charge in [-0.3, -0.25) is 0 Å². The second kappa shape index (κ2) is 6.14. The summed E-state index contributed by atoms with van der Waals surface area (Å²) in [5, 5.41) is 6.08. The highest BCUT2D eigenvalue weighted by molar-refractivity contribution is 5.55. The Morgan fingerprint density at radius 1 is 1.05 bits per heavy atom. The number of aromatic nitrogens is 3. The lowest BCUT2D eigenvalue weighted by Crippen LogP contribution is -2.16. The van der Waals surface area contributed by atoms with Gasteiger partial charge in [-0.05, 0) is 31.2 Å². The highest BCUT2D eigenvalue weighted by Gasteiger charge is 2.08. The lowest BCUT2D eigenvalue weighted by molar-refractivity contribution is 0.628. The van der Waals surface area contributed by atoms with Gasteiger partial charge in [0.1, 0.15) is 5.82 Å². The first kappa shape index (κ1) is 14.0. The van der Waals surface area contributed by atoms with Crippen LogP contribution in [-0.4, -0.2) is 35.6 Å². The van der Waals surface area contributed by atoms with E-state index in [0.717, 1.165) is 0 Å². The molecular formula is C13H17FN6. The molecule has 1 aromatic heterocycles. The lowest BCUT2D eigenvalue weighted by atomic mass is 10.3. The first-order valence-corrected chi connectivity index (χ1v) is 6.28. The predicted molar refractivity (Wildman–Crippen MR) is 78.0 cm³/mol. The van der Waals surface area contributed by atoms with E-state index in [0.29, 0.717) is 30.1 Å². The molecule has 0 saturated carbocycles. The van der Waals surface area contributed by atoms with Crippen LogP contribution in [0.1, 0.15) is 6.92 Å². The summed E-state index contributed by atoms with van der Waals surface area (Å²) in [5.74, 6) is 1.16. The van der Waals surface area contributed by atoms with Crippen LogP contribution in [0.4, 0.5) is 27.9 Å². The Bertz CT molecular complexity index is 570. The van der Waals surface area contributed by atoms with Gasteiger partial charge >= 0.3 is 0 Å². The Kier molecular flexibility index (Phi) is 4.29. The molecule has 20 heavy (non-hydrogen) atoms. The Labute approximate surface area is 117 Å². The van der Waals surface area contributed by atoms with Crippen molar-refractivity contribution in [2.45, 2.75) is 6.92 Å². The van der Waals surface area contributed by atoms with Gasteiger partial charge in [0, 0.05) is 26.3 Å². The van der Waals surface area contributed by atoms with Crippen molar-refractivity contribution in [3.8, 4) is 0 Å². The van der Waals surface area contributed by atoms with E-state index in [1.807, 2.05) is 21.0 Å². The zero-order chi connectivity index (χ0) is 14.5. The number of hydrogen-bond donors (Lipinski definition) is 2. The second-order valence-corrected chi connectivity index (χ2v) is 4.34. The van der Waals surface area contributed by atoms with E-state index in [4.69, 9.17) is 0 Å². The molecule has 0 saturated heterocycles. The molecule has 1 heterocycles. The third-order valence-corrected chi connectivity index (χ3v) is 2.46. The molecule has 0 radical (unpaired) electrons. The number of halogens is 1. The van der Waals surface area contributed by atoms with Crippen LogP contribution in [0.15, 0.2) is 24.3 Å². The van der Waals surface area contributed by atoms with Crippen molar-refractivity contribution < 1.29 is 4.39 Å². The van der Waals surface area contributed by atoms with Crippen molar-refractivity contribution in [1.82, 2.24) is 15.0 Å². The molecule has 106 valence electrons. The number of nitrogens with one attached hydrogen (secondary N) is 2. The normalized spacial score (nSPS) is 10.2. The number of rotatable bonds is 5. The SMILES string of the molecule is CCNc1nc(Nc2ccc(F)cc2)nc(N(C)C)n1. The highest BCUT2D eigenvalue weighted by atomic mass is 19.1. The molecule has 0 fully saturated rings. The molecule has 2 N–H and O–H groups in total. The highest BCUT2D eigenvalue weighted by Crippen LogP contribution is 2.17. The summed E-state index contributed by atoms with van der Waals surface area (Å²) < 4.78 is 12.9. The molecular weight excluding hydrogens is 259 g/mol. The maximum Gasteiger partial charge on any atom is 0.233 e. The van der Waals surface area contributed by atoms with Gasteiger partial charge in [-0.25, -0.2) is 4.39 Å². The lowest BCUT2D eigenvalue weighted by Gasteiger charge is -2.13. The summed E-state index contributed by atoms with van der Waals surface area (Å²) in [6.45, 7) is 2.68. The molecule has 0 bridgehead atoms. The van der Waals surface area contributed by atoms with E-state index in [1.165, 1.54) is 12.1 Å². The zero-order valence-corrected chi connectivity index (χ0v) is 11.7. The Hall–Kier alpha value is -2.44. The molecule has 2 rings (SSSR count). The number of nitrogens with zero attached hydrogens (tertiary/aromatic N) is 4. The van der Waals surface area contributed by atoms with E-state index in [9.17, 15) is 4.39 Å². The molecule has 0 amide bonds. The van der Waals surface area contributed by atoms with Gasteiger partial charge in [0.05, 0.1) is 0 Å². The van der Waals surface area contributed by atoms with E-state index < -0.39 is 0 Å². The Morgan fingerprint density at radius 3 is 2.30 bits per heavy atom. The molecule has 0 atom stereocenters. The minimum absolute atomic E-state index is 0.284. The Morgan fingerprint density at radius 2 is 1.70 bits per heavy atom. The molecule has 6 nitrogen and oxygen atoms in total. The van der Waals surface area contributed by atoms with Crippen molar-refractivity contribution in [2.24, 2.45) is 0 Å². The van der Waals surface area contributed by atoms with Gasteiger partial charge in [-0.2, -0.15) is 15.0 Å². The minimum Gasteiger partial charge on any atom is -0.354 e. The molecule has 0 aliphatic rings. The van der Waals surface area contributed by atoms with E-state index in [-0.39, 0.29) is 5.82 Å². The van der Waals surface area contributed by atoms with Crippen LogP contribution in [0.3, 0.4) is 0 Å². The van der Waals surface area contributed by atoms with Crippen LogP contribution in [0, 0.1) is 5.82 Å². The van der Waals surface area contributed by atoms with Crippen LogP contribution >= 0.6 is 0 Å². The van der Waals surface area contributed by atoms with Crippen molar-refractivity contribution in [3.05, 3.63) is 30.1 Å². The van der Waals surface area contributed by atoms with Gasteiger partial charge in [0.25, 0.3) is 0 Å². The van der Waals surface area contributed by atoms with Crippen LogP contribution in [0.2, 0.25) is 0 Å². The standard InChI is InChI=1S/C13H17FN6/c1-4-15-11-17-12(19-13(18-11)20(2)3)16-10-7-5-9(14)6-8-10/h5-8H,4H2,1-3H3,(H2,15,16,17,18,19). The average Bonchev–Trinajstić information content (AvgIpc) is 2.41. The number of anilines is 4. The molecule has 7 heteroatoms. The van der Waals surface area contributed by atoms with Gasteiger partial charge in [-0.15, -0.1) is 0 Å². The summed E-state index contributed by atoms with van der Waals surface area (Å²) in [5.41, 5.74) is 0.713. The van der Waals surface area contributed by atoms with Crippen molar-refractivity contribution >= 4 is 23.5 Å². The second-order valence-electron chi connectivity index (χ2n) is 4.34. The average molecular weight is 276 g/mol. The predicted octanol–water partition coefficient (Wildman–Crippen LogP) is 2.25. The van der Waals surface area contributed by atoms with Gasteiger partial charge in [-0.1, -0.05) is 0 Å². The molecule has 0 aliphatic carbocycles. The molecule has 2 aromatic rings. The monoisotopic (exact) mass is 276 g/mol. The summed E-state index contributed by atoms with van der Waals surface area (Å²) in [6, 6.07) is 6.01. The van der Waals surface area contributed by atoms with E-state index in [2.05, 4.69) is 25.6 Å². The van der Waals surface area contributed by atoms with Gasteiger partial charge < -0.3 is 15.5 Å². The fraction of sp³-hybridized carbons (Fsp3) is 0.308. The summed E-state index contributed by atoms with van der Waals surface area (Å²) in [7, 11) is 3.71. The van der Waals surface area contributed by atoms with Crippen LogP contribution in [0.25, 0.3) is 0 Å². The zero-order valence-electron chi connectivity index (χ0n) is 11.7. The molecule has 0 unspecified atom stereocenters. The smallest absolute Gasteiger partial charge is 0.233 e. The number of hydrogen-bond acceptors (Lipinski definition) is 6. The van der Waals surface area contributed by atoms with Gasteiger partial charge in [0.15, 0.2) is 0 Å². The molecule has 1 aromatic carbocycles. The fourth-order valence-electron chi connectivity index (χ4n) is 1.52. The maximum atomic E-state index is 12.9. The van der Waals surface area contributed by atoms with Crippen LogP contribution in [0.5, 0.6) is 0 Å². The van der Waals surface area contributed by atoms with E-state index in [1.54, 1.807) is 17.0 Å². The summed E-state index contributed by atoms with van der Waals surface area (Å²) in [4.78, 5) is 14.6. The first-order valence-electron chi connectivity index (χ1n) is 6.28. The minimum atomic E-state index is -0.284. The quantitative estimate of drug-likeness (QED) is 0.873. The third-order valence-electron chi connectivity index (χ3n) is 2.46. The summed E-state index contributed by atoms with van der Waals surface area (Å²) in [6.07, 6.45) is 0. The fourth-order valence-corrected chi connectivity index (χ4v) is 1.52. The Balaban J connectivity index is 2.27. The largest absolute Gasteiger partial charge is 0.354 e. The van der Waals surface area contributed by atoms with Crippen molar-refractivity contribution in [1.29, 1.82) is 0 Å². The third kappa shape index (κ3) is 3.53. The van der Waals surface area contributed by atoms with E-state index >= 15 is 0 Å².